The normalized spacial score (nSPS) is 14.2. The van der Waals surface area contributed by atoms with Crippen molar-refractivity contribution in [2.75, 3.05) is 0 Å². The molecule has 0 aromatic carbocycles. The van der Waals surface area contributed by atoms with Crippen LogP contribution in [0.4, 0.5) is 4.39 Å². The van der Waals surface area contributed by atoms with Crippen molar-refractivity contribution in [1.29, 1.82) is 0 Å². The second-order valence-corrected chi connectivity index (χ2v) is 5.37. The van der Waals surface area contributed by atoms with E-state index in [0.717, 1.165) is 0 Å². The van der Waals surface area contributed by atoms with E-state index in [1.807, 2.05) is 20.8 Å². The topological polar surface area (TPSA) is 0 Å². The maximum absolute atomic E-state index is 12.8. The zero-order valence-electron chi connectivity index (χ0n) is 5.53. The molecule has 0 saturated carbocycles. The monoisotopic (exact) mass is 154 g/mol. The summed E-state index contributed by atoms with van der Waals surface area (Å²) in [4.78, 5) is 0. The highest BCUT2D eigenvalue weighted by atomic mass is 31.1. The molecule has 50 valence electrons. The Bertz CT molecular complexity index is 65.4. The lowest BCUT2D eigenvalue weighted by Crippen LogP contribution is -2.24. The summed E-state index contributed by atoms with van der Waals surface area (Å²) in [6, 6.07) is 0. The Morgan fingerprint density at radius 1 is 1.12 bits per heavy atom. The molecule has 0 nitrogen and oxygen atoms in total. The highest BCUT2D eigenvalue weighted by Crippen LogP contribution is 2.44. The molecule has 0 radical (unpaired) electrons. The second-order valence-electron chi connectivity index (χ2n) is 3.02. The summed E-state index contributed by atoms with van der Waals surface area (Å²) < 4.78 is 12.8. The van der Waals surface area contributed by atoms with Crippen LogP contribution in [0.3, 0.4) is 0 Å². The van der Waals surface area contributed by atoms with Crippen LogP contribution in [0.5, 0.6) is 0 Å². The highest BCUT2D eigenvalue weighted by Gasteiger charge is 2.32. The molecule has 0 N–H and O–H groups in total. The van der Waals surface area contributed by atoms with Gasteiger partial charge >= 0.3 is 0 Å². The molecule has 0 fully saturated rings. The fraction of sp³-hybridized carbons (Fsp3) is 1.00. The molecular formula is C5H13FP2. The minimum atomic E-state index is -1.23. The van der Waals surface area contributed by atoms with E-state index in [9.17, 15) is 4.39 Å². The molecule has 8 heavy (non-hydrogen) atoms. The first-order valence-corrected chi connectivity index (χ1v) is 3.67. The number of hydrogen-bond donors (Lipinski definition) is 0. The van der Waals surface area contributed by atoms with Crippen LogP contribution in [0.15, 0.2) is 0 Å². The van der Waals surface area contributed by atoms with Crippen LogP contribution in [0.1, 0.15) is 20.8 Å². The maximum atomic E-state index is 12.8. The second kappa shape index (κ2) is 2.20. The van der Waals surface area contributed by atoms with Crippen LogP contribution < -0.4 is 0 Å². The Morgan fingerprint density at radius 3 is 1.25 bits per heavy atom. The van der Waals surface area contributed by atoms with E-state index in [1.54, 1.807) is 0 Å². The van der Waals surface area contributed by atoms with E-state index >= 15 is 0 Å². The van der Waals surface area contributed by atoms with E-state index in [0.29, 0.717) is 0 Å². The number of hydrogen-bond acceptors (Lipinski definition) is 0. The van der Waals surface area contributed by atoms with Gasteiger partial charge in [-0.2, -0.15) is 0 Å². The SMILES string of the molecule is CC(C)(C)C(F)(P)P. The zero-order valence-corrected chi connectivity index (χ0v) is 7.84. The summed E-state index contributed by atoms with van der Waals surface area (Å²) in [7, 11) is 4.31. The molecule has 0 saturated heterocycles. The van der Waals surface area contributed by atoms with Crippen molar-refractivity contribution in [1.82, 2.24) is 0 Å². The molecule has 2 atom stereocenters. The van der Waals surface area contributed by atoms with Crippen LogP contribution >= 0.6 is 18.5 Å². The Balaban J connectivity index is 4.02. The van der Waals surface area contributed by atoms with Gasteiger partial charge in [-0.15, -0.1) is 0 Å². The molecule has 0 aromatic rings. The van der Waals surface area contributed by atoms with Crippen molar-refractivity contribution in [3.63, 3.8) is 0 Å². The number of alkyl halides is 1. The van der Waals surface area contributed by atoms with Gasteiger partial charge in [0.2, 0.25) is 0 Å². The molecule has 0 aliphatic carbocycles. The van der Waals surface area contributed by atoms with E-state index in [2.05, 4.69) is 18.5 Å². The van der Waals surface area contributed by atoms with Gasteiger partial charge in [0.15, 0.2) is 0 Å². The third-order valence-corrected chi connectivity index (χ3v) is 2.88. The average molecular weight is 154 g/mol. The van der Waals surface area contributed by atoms with Crippen LogP contribution in [0.2, 0.25) is 0 Å². The fourth-order valence-corrected chi connectivity index (χ4v) is 0. The molecular weight excluding hydrogens is 141 g/mol. The van der Waals surface area contributed by atoms with Gasteiger partial charge in [-0.25, -0.2) is 4.39 Å². The van der Waals surface area contributed by atoms with E-state index < -0.39 is 5.15 Å². The summed E-state index contributed by atoms with van der Waals surface area (Å²) >= 11 is 0. The molecule has 0 aliphatic rings. The molecule has 0 aromatic heterocycles. The average Bonchev–Trinajstić information content (AvgIpc) is 1.25. The van der Waals surface area contributed by atoms with Gasteiger partial charge in [-0.3, -0.25) is 0 Å². The first-order chi connectivity index (χ1) is 3.25. The summed E-state index contributed by atoms with van der Waals surface area (Å²) in [6.07, 6.45) is 0. The zero-order chi connectivity index (χ0) is 7.00. The van der Waals surface area contributed by atoms with Crippen LogP contribution in [-0.4, -0.2) is 5.15 Å². The molecule has 0 heterocycles. The highest BCUT2D eigenvalue weighted by molar-refractivity contribution is 7.39. The summed E-state index contributed by atoms with van der Waals surface area (Å²) in [5, 5.41) is -1.23. The molecule has 3 heteroatoms. The quantitative estimate of drug-likeness (QED) is 0.470. The third kappa shape index (κ3) is 2.37. The van der Waals surface area contributed by atoms with E-state index in [1.165, 1.54) is 0 Å². The lowest BCUT2D eigenvalue weighted by molar-refractivity contribution is 0.215. The van der Waals surface area contributed by atoms with Crippen LogP contribution in [-0.2, 0) is 0 Å². The standard InChI is InChI=1S/C5H13FP2/c1-4(2,3)5(6,7)8/h7-8H2,1-3H3. The van der Waals surface area contributed by atoms with Gasteiger partial charge in [-0.05, 0) is 0 Å². The fourth-order valence-electron chi connectivity index (χ4n) is 0. The first kappa shape index (κ1) is 8.79. The first-order valence-electron chi connectivity index (χ1n) is 2.52. The minimum absolute atomic E-state index is 0.303. The Labute approximate surface area is 55.0 Å². The van der Waals surface area contributed by atoms with Gasteiger partial charge in [0, 0.05) is 5.41 Å². The Hall–Kier alpha value is 0.790. The summed E-state index contributed by atoms with van der Waals surface area (Å²) in [5.41, 5.74) is -0.303. The van der Waals surface area contributed by atoms with Crippen molar-refractivity contribution < 1.29 is 4.39 Å². The van der Waals surface area contributed by atoms with E-state index in [-0.39, 0.29) is 5.41 Å². The smallest absolute Gasteiger partial charge is 0.140 e. The van der Waals surface area contributed by atoms with Gasteiger partial charge in [0.25, 0.3) is 0 Å². The largest absolute Gasteiger partial charge is 0.235 e. The number of rotatable bonds is 0. The van der Waals surface area contributed by atoms with Crippen LogP contribution in [0, 0.1) is 5.41 Å². The Morgan fingerprint density at radius 2 is 1.25 bits per heavy atom. The van der Waals surface area contributed by atoms with Gasteiger partial charge < -0.3 is 0 Å². The van der Waals surface area contributed by atoms with Crippen molar-refractivity contribution in [3.05, 3.63) is 0 Å². The van der Waals surface area contributed by atoms with Crippen molar-refractivity contribution in [2.24, 2.45) is 5.41 Å². The molecule has 0 bridgehead atoms. The molecule has 0 amide bonds. The molecule has 0 spiro atoms. The van der Waals surface area contributed by atoms with Gasteiger partial charge in [0.05, 0.1) is 0 Å². The van der Waals surface area contributed by atoms with Crippen molar-refractivity contribution in [3.8, 4) is 0 Å². The van der Waals surface area contributed by atoms with E-state index in [4.69, 9.17) is 0 Å². The van der Waals surface area contributed by atoms with Gasteiger partial charge in [-0.1, -0.05) is 39.3 Å². The molecule has 0 aliphatic heterocycles. The van der Waals surface area contributed by atoms with Gasteiger partial charge in [0.1, 0.15) is 5.15 Å². The summed E-state index contributed by atoms with van der Waals surface area (Å²) in [5.74, 6) is 0. The van der Waals surface area contributed by atoms with Crippen LogP contribution in [0.25, 0.3) is 0 Å². The molecule has 0 rings (SSSR count). The number of halogens is 1. The van der Waals surface area contributed by atoms with Crippen molar-refractivity contribution >= 4 is 18.5 Å². The minimum Gasteiger partial charge on any atom is -0.235 e. The predicted molar refractivity (Wildman–Crippen MR) is 42.7 cm³/mol. The lowest BCUT2D eigenvalue weighted by Gasteiger charge is -2.29. The predicted octanol–water partition coefficient (Wildman–Crippen LogP) is 2.41. The molecule has 2 unspecified atom stereocenters. The maximum Gasteiger partial charge on any atom is 0.140 e. The Kier molecular flexibility index (Phi) is 2.41. The lowest BCUT2D eigenvalue weighted by atomic mass is 9.98. The third-order valence-electron chi connectivity index (χ3n) is 1.15. The van der Waals surface area contributed by atoms with Crippen molar-refractivity contribution in [2.45, 2.75) is 25.9 Å². The summed E-state index contributed by atoms with van der Waals surface area (Å²) in [6.45, 7) is 5.56.